The summed E-state index contributed by atoms with van der Waals surface area (Å²) in [7, 11) is 0. The summed E-state index contributed by atoms with van der Waals surface area (Å²) in [6.45, 7) is 0. The van der Waals surface area contributed by atoms with Crippen LogP contribution in [-0.4, -0.2) is 20.9 Å². The molecule has 2 aromatic carbocycles. The zero-order valence-electron chi connectivity index (χ0n) is 13.2. The molecule has 3 aromatic rings. The molecule has 0 amide bonds. The standard InChI is InChI=1S/C20H18N2O2/c23-20(24)19-17-8-4-5-9-18(17)22(21-19)16-12-10-15(11-13-16)14-6-2-1-3-7-14/h1-10,12,15-16H,11,13H2,(H,23,24). The molecule has 0 spiro atoms. The molecule has 2 unspecified atom stereocenters. The summed E-state index contributed by atoms with van der Waals surface area (Å²) in [6.07, 6.45) is 6.36. The number of carboxylic acids is 1. The monoisotopic (exact) mass is 318 g/mol. The van der Waals surface area contributed by atoms with E-state index in [1.807, 2.05) is 35.0 Å². The molecule has 24 heavy (non-hydrogen) atoms. The number of hydrogen-bond acceptors (Lipinski definition) is 2. The number of hydrogen-bond donors (Lipinski definition) is 1. The Morgan fingerprint density at radius 2 is 1.75 bits per heavy atom. The minimum absolute atomic E-state index is 0.1000. The van der Waals surface area contributed by atoms with E-state index < -0.39 is 5.97 Å². The summed E-state index contributed by atoms with van der Waals surface area (Å²) >= 11 is 0. The van der Waals surface area contributed by atoms with Crippen molar-refractivity contribution in [1.82, 2.24) is 9.78 Å². The molecule has 4 nitrogen and oxygen atoms in total. The average Bonchev–Trinajstić information content (AvgIpc) is 3.03. The Morgan fingerprint density at radius 3 is 2.46 bits per heavy atom. The zero-order chi connectivity index (χ0) is 16.5. The van der Waals surface area contributed by atoms with Crippen LogP contribution in [0.15, 0.2) is 66.7 Å². The quantitative estimate of drug-likeness (QED) is 0.728. The van der Waals surface area contributed by atoms with Gasteiger partial charge in [0.05, 0.1) is 11.6 Å². The van der Waals surface area contributed by atoms with E-state index in [4.69, 9.17) is 0 Å². The van der Waals surface area contributed by atoms with Crippen LogP contribution in [0.25, 0.3) is 10.9 Å². The number of carboxylic acid groups (broad SMARTS) is 1. The van der Waals surface area contributed by atoms with Crippen LogP contribution in [0, 0.1) is 0 Å². The number of aromatic carboxylic acids is 1. The summed E-state index contributed by atoms with van der Waals surface area (Å²) in [5.41, 5.74) is 2.33. The Labute approximate surface area is 140 Å². The Balaban J connectivity index is 1.69. The van der Waals surface area contributed by atoms with Gasteiger partial charge in [-0.3, -0.25) is 4.68 Å². The van der Waals surface area contributed by atoms with Crippen molar-refractivity contribution in [1.29, 1.82) is 0 Å². The number of benzene rings is 2. The lowest BCUT2D eigenvalue weighted by molar-refractivity contribution is 0.0691. The first kappa shape index (κ1) is 14.7. The normalized spacial score (nSPS) is 20.3. The average molecular weight is 318 g/mol. The highest BCUT2D eigenvalue weighted by molar-refractivity contribution is 6.01. The van der Waals surface area contributed by atoms with Crippen molar-refractivity contribution in [3.8, 4) is 0 Å². The first-order valence-corrected chi connectivity index (χ1v) is 8.18. The fraction of sp³-hybridized carbons (Fsp3) is 0.200. The molecule has 0 fully saturated rings. The van der Waals surface area contributed by atoms with Gasteiger partial charge < -0.3 is 5.11 Å². The second-order valence-corrected chi connectivity index (χ2v) is 6.16. The maximum Gasteiger partial charge on any atom is 0.357 e. The molecular weight excluding hydrogens is 300 g/mol. The number of aromatic nitrogens is 2. The number of carbonyl (C=O) groups is 1. The van der Waals surface area contributed by atoms with Crippen molar-refractivity contribution >= 4 is 16.9 Å². The fourth-order valence-corrected chi connectivity index (χ4v) is 3.49. The Hall–Kier alpha value is -2.88. The van der Waals surface area contributed by atoms with Gasteiger partial charge in [0.1, 0.15) is 0 Å². The van der Waals surface area contributed by atoms with E-state index in [0.717, 1.165) is 18.4 Å². The molecule has 1 N–H and O–H groups in total. The van der Waals surface area contributed by atoms with Crippen LogP contribution >= 0.6 is 0 Å². The maximum atomic E-state index is 11.5. The van der Waals surface area contributed by atoms with Crippen LogP contribution in [0.3, 0.4) is 0 Å². The molecule has 0 bridgehead atoms. The van der Waals surface area contributed by atoms with Crippen molar-refractivity contribution in [2.75, 3.05) is 0 Å². The molecule has 0 aliphatic heterocycles. The van der Waals surface area contributed by atoms with Gasteiger partial charge in [-0.15, -0.1) is 0 Å². The highest BCUT2D eigenvalue weighted by Gasteiger charge is 2.23. The van der Waals surface area contributed by atoms with E-state index >= 15 is 0 Å². The van der Waals surface area contributed by atoms with Crippen molar-refractivity contribution in [2.45, 2.75) is 24.8 Å². The van der Waals surface area contributed by atoms with Crippen LogP contribution in [0.1, 0.15) is 40.9 Å². The van der Waals surface area contributed by atoms with Gasteiger partial charge >= 0.3 is 5.97 Å². The first-order valence-electron chi connectivity index (χ1n) is 8.18. The second kappa shape index (κ2) is 5.96. The van der Waals surface area contributed by atoms with E-state index in [1.54, 1.807) is 0 Å². The number of allylic oxidation sites excluding steroid dienone is 2. The number of para-hydroxylation sites is 1. The van der Waals surface area contributed by atoms with E-state index in [1.165, 1.54) is 5.56 Å². The number of nitrogens with zero attached hydrogens (tertiary/aromatic N) is 2. The molecule has 0 saturated carbocycles. The highest BCUT2D eigenvalue weighted by atomic mass is 16.4. The fourth-order valence-electron chi connectivity index (χ4n) is 3.49. The predicted molar refractivity (Wildman–Crippen MR) is 93.3 cm³/mol. The summed E-state index contributed by atoms with van der Waals surface area (Å²) in [4.78, 5) is 11.5. The molecule has 1 aromatic heterocycles. The van der Waals surface area contributed by atoms with E-state index in [-0.39, 0.29) is 11.7 Å². The molecule has 4 rings (SSSR count). The molecule has 1 aliphatic rings. The predicted octanol–water partition coefficient (Wildman–Crippen LogP) is 4.41. The highest BCUT2D eigenvalue weighted by Crippen LogP contribution is 2.34. The van der Waals surface area contributed by atoms with Crippen LogP contribution in [0.4, 0.5) is 0 Å². The third kappa shape index (κ3) is 2.50. The molecule has 0 radical (unpaired) electrons. The van der Waals surface area contributed by atoms with Gasteiger partial charge in [-0.2, -0.15) is 5.10 Å². The number of rotatable bonds is 3. The lowest BCUT2D eigenvalue weighted by atomic mass is 9.87. The summed E-state index contributed by atoms with van der Waals surface area (Å²) < 4.78 is 1.86. The van der Waals surface area contributed by atoms with Crippen molar-refractivity contribution in [2.24, 2.45) is 0 Å². The van der Waals surface area contributed by atoms with Gasteiger partial charge in [0.2, 0.25) is 0 Å². The van der Waals surface area contributed by atoms with Gasteiger partial charge in [0, 0.05) is 11.3 Å². The molecule has 120 valence electrons. The Morgan fingerprint density at radius 1 is 1.00 bits per heavy atom. The van der Waals surface area contributed by atoms with Crippen LogP contribution in [0.5, 0.6) is 0 Å². The number of fused-ring (bicyclic) bond motifs is 1. The van der Waals surface area contributed by atoms with Gasteiger partial charge in [0.25, 0.3) is 0 Å². The van der Waals surface area contributed by atoms with Gasteiger partial charge in [-0.1, -0.05) is 60.7 Å². The third-order valence-corrected chi connectivity index (χ3v) is 4.70. The first-order chi connectivity index (χ1) is 11.7. The molecule has 1 aliphatic carbocycles. The van der Waals surface area contributed by atoms with E-state index in [9.17, 15) is 9.90 Å². The smallest absolute Gasteiger partial charge is 0.357 e. The van der Waals surface area contributed by atoms with Gasteiger partial charge in [0.15, 0.2) is 5.69 Å². The summed E-state index contributed by atoms with van der Waals surface area (Å²) in [5, 5.41) is 14.5. The second-order valence-electron chi connectivity index (χ2n) is 6.16. The molecule has 4 heteroatoms. The maximum absolute atomic E-state index is 11.5. The molecule has 0 saturated heterocycles. The van der Waals surface area contributed by atoms with Crippen molar-refractivity contribution < 1.29 is 9.90 Å². The van der Waals surface area contributed by atoms with Gasteiger partial charge in [-0.25, -0.2) is 4.79 Å². The van der Waals surface area contributed by atoms with E-state index in [2.05, 4.69) is 41.5 Å². The largest absolute Gasteiger partial charge is 0.476 e. The van der Waals surface area contributed by atoms with Crippen LogP contribution < -0.4 is 0 Å². The summed E-state index contributed by atoms with van der Waals surface area (Å²) in [6, 6.07) is 18.1. The lowest BCUT2D eigenvalue weighted by Gasteiger charge is -2.24. The molecule has 2 atom stereocenters. The topological polar surface area (TPSA) is 55.1 Å². The summed E-state index contributed by atoms with van der Waals surface area (Å²) in [5.74, 6) is -0.560. The molecule has 1 heterocycles. The van der Waals surface area contributed by atoms with Crippen molar-refractivity contribution in [3.63, 3.8) is 0 Å². The Bertz CT molecular complexity index is 912. The van der Waals surface area contributed by atoms with Crippen LogP contribution in [0.2, 0.25) is 0 Å². The van der Waals surface area contributed by atoms with Gasteiger partial charge in [-0.05, 0) is 24.5 Å². The minimum Gasteiger partial charge on any atom is -0.476 e. The van der Waals surface area contributed by atoms with E-state index in [0.29, 0.717) is 11.3 Å². The third-order valence-electron chi connectivity index (χ3n) is 4.70. The Kier molecular flexibility index (Phi) is 3.65. The SMILES string of the molecule is O=C(O)c1nn(C2C=CC(c3ccccc3)CC2)c2ccccc12. The zero-order valence-corrected chi connectivity index (χ0v) is 13.2. The van der Waals surface area contributed by atoms with Crippen LogP contribution in [-0.2, 0) is 0 Å². The minimum atomic E-state index is -0.980. The lowest BCUT2D eigenvalue weighted by Crippen LogP contribution is -2.14. The molecular formula is C20H18N2O2. The van der Waals surface area contributed by atoms with Crippen molar-refractivity contribution in [3.05, 3.63) is 78.0 Å².